The molecule has 2 aromatic carbocycles. The lowest BCUT2D eigenvalue weighted by Gasteiger charge is -2.18. The van der Waals surface area contributed by atoms with E-state index in [2.05, 4.69) is 63.7 Å². The molecule has 1 N–H and O–H groups in total. The zero-order valence-corrected chi connectivity index (χ0v) is 15.1. The third kappa shape index (κ3) is 3.32. The fourth-order valence-corrected chi connectivity index (χ4v) is 4.18. The standard InChI is InChI=1S/C23H25N3/c1-3-17(13-19(4-1)18-7-8-18)15-26-12-10-21(16-26)25-23-6-2-5-20-14-24-11-9-22(20)23/h1-6,9,11,13-14,18,21,25H,7-8,10,12,15-16H2/t21-/m0/s1. The summed E-state index contributed by atoms with van der Waals surface area (Å²) in [6.45, 7) is 3.34. The number of rotatable bonds is 5. The molecule has 132 valence electrons. The summed E-state index contributed by atoms with van der Waals surface area (Å²) in [4.78, 5) is 6.81. The van der Waals surface area contributed by atoms with Gasteiger partial charge >= 0.3 is 0 Å². The second kappa shape index (κ2) is 6.73. The van der Waals surface area contributed by atoms with Gasteiger partial charge < -0.3 is 5.32 Å². The highest BCUT2D eigenvalue weighted by atomic mass is 15.2. The van der Waals surface area contributed by atoms with Gasteiger partial charge in [-0.3, -0.25) is 9.88 Å². The van der Waals surface area contributed by atoms with Crippen LogP contribution in [0.5, 0.6) is 0 Å². The van der Waals surface area contributed by atoms with Gasteiger partial charge in [0, 0.05) is 54.5 Å². The maximum Gasteiger partial charge on any atom is 0.0423 e. The molecule has 1 saturated heterocycles. The Morgan fingerprint density at radius 3 is 2.88 bits per heavy atom. The molecule has 1 atom stereocenters. The Bertz CT molecular complexity index is 911. The van der Waals surface area contributed by atoms with Gasteiger partial charge in [0.25, 0.3) is 0 Å². The Hall–Kier alpha value is -2.39. The molecular weight excluding hydrogens is 318 g/mol. The molecule has 3 aromatic rings. The van der Waals surface area contributed by atoms with Crippen LogP contribution in [0, 0.1) is 0 Å². The summed E-state index contributed by atoms with van der Waals surface area (Å²) in [5, 5.41) is 6.23. The first-order chi connectivity index (χ1) is 12.8. The highest BCUT2D eigenvalue weighted by Gasteiger charge is 2.25. The molecule has 5 rings (SSSR count). The first-order valence-corrected chi connectivity index (χ1v) is 9.76. The van der Waals surface area contributed by atoms with E-state index in [1.165, 1.54) is 41.3 Å². The van der Waals surface area contributed by atoms with Crippen molar-refractivity contribution < 1.29 is 0 Å². The van der Waals surface area contributed by atoms with Gasteiger partial charge in [-0.1, -0.05) is 36.4 Å². The molecule has 0 spiro atoms. The quantitative estimate of drug-likeness (QED) is 0.721. The van der Waals surface area contributed by atoms with Crippen LogP contribution in [-0.4, -0.2) is 29.0 Å². The van der Waals surface area contributed by atoms with Crippen LogP contribution in [0.15, 0.2) is 60.9 Å². The molecule has 0 unspecified atom stereocenters. The Labute approximate surface area is 155 Å². The van der Waals surface area contributed by atoms with Gasteiger partial charge in [-0.05, 0) is 48.4 Å². The van der Waals surface area contributed by atoms with Crippen LogP contribution in [0.3, 0.4) is 0 Å². The minimum Gasteiger partial charge on any atom is -0.380 e. The first-order valence-electron chi connectivity index (χ1n) is 9.76. The van der Waals surface area contributed by atoms with Crippen LogP contribution < -0.4 is 5.32 Å². The van der Waals surface area contributed by atoms with E-state index in [4.69, 9.17) is 0 Å². The van der Waals surface area contributed by atoms with Gasteiger partial charge in [0.2, 0.25) is 0 Å². The van der Waals surface area contributed by atoms with Crippen LogP contribution in [0.25, 0.3) is 10.8 Å². The third-order valence-corrected chi connectivity index (χ3v) is 5.72. The second-order valence-electron chi connectivity index (χ2n) is 7.79. The van der Waals surface area contributed by atoms with Crippen molar-refractivity contribution >= 4 is 16.5 Å². The number of nitrogens with one attached hydrogen (secondary N) is 1. The normalized spacial score (nSPS) is 20.5. The summed E-state index contributed by atoms with van der Waals surface area (Å²) in [5.41, 5.74) is 4.24. The number of aromatic nitrogens is 1. The second-order valence-corrected chi connectivity index (χ2v) is 7.79. The smallest absolute Gasteiger partial charge is 0.0423 e. The van der Waals surface area contributed by atoms with E-state index >= 15 is 0 Å². The Balaban J connectivity index is 1.25. The zero-order valence-electron chi connectivity index (χ0n) is 15.1. The minimum absolute atomic E-state index is 0.514. The van der Waals surface area contributed by atoms with E-state index < -0.39 is 0 Å². The Morgan fingerprint density at radius 1 is 1.04 bits per heavy atom. The summed E-state index contributed by atoms with van der Waals surface area (Å²) in [6, 6.07) is 18.3. The fourth-order valence-electron chi connectivity index (χ4n) is 4.18. The number of fused-ring (bicyclic) bond motifs is 1. The highest BCUT2D eigenvalue weighted by Crippen LogP contribution is 2.40. The molecule has 2 fully saturated rings. The molecule has 1 aliphatic heterocycles. The van der Waals surface area contributed by atoms with Crippen molar-refractivity contribution in [1.29, 1.82) is 0 Å². The van der Waals surface area contributed by atoms with Gasteiger partial charge in [-0.15, -0.1) is 0 Å². The molecule has 26 heavy (non-hydrogen) atoms. The van der Waals surface area contributed by atoms with Crippen LogP contribution in [-0.2, 0) is 6.54 Å². The lowest BCUT2D eigenvalue weighted by Crippen LogP contribution is -2.26. The van der Waals surface area contributed by atoms with E-state index in [1.807, 2.05) is 12.4 Å². The van der Waals surface area contributed by atoms with Crippen molar-refractivity contribution in [2.45, 2.75) is 37.8 Å². The zero-order chi connectivity index (χ0) is 17.3. The summed E-state index contributed by atoms with van der Waals surface area (Å²) < 4.78 is 0. The summed E-state index contributed by atoms with van der Waals surface area (Å²) in [5.74, 6) is 0.837. The average molecular weight is 343 g/mol. The van der Waals surface area contributed by atoms with Crippen LogP contribution in [0.2, 0.25) is 0 Å². The predicted octanol–water partition coefficient (Wildman–Crippen LogP) is 4.80. The topological polar surface area (TPSA) is 28.2 Å². The number of anilines is 1. The molecule has 3 nitrogen and oxygen atoms in total. The number of hydrogen-bond donors (Lipinski definition) is 1. The van der Waals surface area contributed by atoms with Crippen molar-refractivity contribution in [3.05, 3.63) is 72.1 Å². The van der Waals surface area contributed by atoms with Crippen LogP contribution >= 0.6 is 0 Å². The van der Waals surface area contributed by atoms with Gasteiger partial charge in [0.05, 0.1) is 0 Å². The summed E-state index contributed by atoms with van der Waals surface area (Å²) in [6.07, 6.45) is 7.76. The van der Waals surface area contributed by atoms with E-state index in [9.17, 15) is 0 Å². The summed E-state index contributed by atoms with van der Waals surface area (Å²) in [7, 11) is 0. The number of hydrogen-bond acceptors (Lipinski definition) is 3. The first kappa shape index (κ1) is 15.8. The molecular formula is C23H25N3. The fraction of sp³-hybridized carbons (Fsp3) is 0.348. The molecule has 0 amide bonds. The molecule has 1 aliphatic carbocycles. The van der Waals surface area contributed by atoms with E-state index in [0.29, 0.717) is 6.04 Å². The maximum atomic E-state index is 4.23. The van der Waals surface area contributed by atoms with Crippen molar-refractivity contribution in [1.82, 2.24) is 9.88 Å². The molecule has 3 heteroatoms. The SMILES string of the molecule is c1cc(CN2CC[C@H](Nc3cccc4cnccc34)C2)cc(C2CC2)c1. The summed E-state index contributed by atoms with van der Waals surface area (Å²) >= 11 is 0. The molecule has 2 aliphatic rings. The van der Waals surface area contributed by atoms with Gasteiger partial charge in [0.1, 0.15) is 0 Å². The molecule has 0 radical (unpaired) electrons. The van der Waals surface area contributed by atoms with Crippen molar-refractivity contribution in [2.24, 2.45) is 0 Å². The van der Waals surface area contributed by atoms with Crippen LogP contribution in [0.1, 0.15) is 36.3 Å². The van der Waals surface area contributed by atoms with Crippen molar-refractivity contribution in [2.75, 3.05) is 18.4 Å². The van der Waals surface area contributed by atoms with Crippen molar-refractivity contribution in [3.63, 3.8) is 0 Å². The predicted molar refractivity (Wildman–Crippen MR) is 107 cm³/mol. The van der Waals surface area contributed by atoms with Gasteiger partial charge in [-0.25, -0.2) is 0 Å². The lowest BCUT2D eigenvalue weighted by molar-refractivity contribution is 0.328. The van der Waals surface area contributed by atoms with E-state index in [0.717, 1.165) is 25.6 Å². The van der Waals surface area contributed by atoms with Crippen LogP contribution in [0.4, 0.5) is 5.69 Å². The highest BCUT2D eigenvalue weighted by molar-refractivity contribution is 5.93. The average Bonchev–Trinajstić information content (AvgIpc) is 3.44. The Morgan fingerprint density at radius 2 is 1.96 bits per heavy atom. The Kier molecular flexibility index (Phi) is 4.10. The third-order valence-electron chi connectivity index (χ3n) is 5.72. The monoisotopic (exact) mass is 343 g/mol. The maximum absolute atomic E-state index is 4.23. The molecule has 1 aromatic heterocycles. The molecule has 2 heterocycles. The molecule has 1 saturated carbocycles. The number of pyridine rings is 1. The van der Waals surface area contributed by atoms with Gasteiger partial charge in [0.15, 0.2) is 0 Å². The minimum atomic E-state index is 0.514. The number of likely N-dealkylation sites (tertiary alicyclic amines) is 1. The van der Waals surface area contributed by atoms with E-state index in [1.54, 1.807) is 5.56 Å². The molecule has 0 bridgehead atoms. The number of nitrogens with zero attached hydrogens (tertiary/aromatic N) is 2. The number of benzene rings is 2. The van der Waals surface area contributed by atoms with Gasteiger partial charge in [-0.2, -0.15) is 0 Å². The van der Waals surface area contributed by atoms with Crippen molar-refractivity contribution in [3.8, 4) is 0 Å². The largest absolute Gasteiger partial charge is 0.380 e. The lowest BCUT2D eigenvalue weighted by atomic mass is 10.1. The van der Waals surface area contributed by atoms with E-state index in [-0.39, 0.29) is 0 Å².